The molecule has 1 aliphatic carbocycles. The number of carbonyl (C=O) groups excluding carboxylic acids is 1. The monoisotopic (exact) mass is 286 g/mol. The van der Waals surface area contributed by atoms with Gasteiger partial charge in [-0.25, -0.2) is 4.39 Å². The molecule has 5 nitrogen and oxygen atoms in total. The summed E-state index contributed by atoms with van der Waals surface area (Å²) in [6.45, 7) is 0. The number of aromatic nitrogens is 2. The van der Waals surface area contributed by atoms with Crippen molar-refractivity contribution < 1.29 is 9.18 Å². The molecule has 1 aliphatic rings. The van der Waals surface area contributed by atoms with Crippen molar-refractivity contribution in [2.24, 2.45) is 0 Å². The van der Waals surface area contributed by atoms with Gasteiger partial charge in [-0.05, 0) is 42.7 Å². The van der Waals surface area contributed by atoms with E-state index in [2.05, 4.69) is 20.8 Å². The summed E-state index contributed by atoms with van der Waals surface area (Å²) in [5.41, 5.74) is 0.744. The zero-order valence-corrected chi connectivity index (χ0v) is 11.3. The largest absolute Gasteiger partial charge is 0.366 e. The van der Waals surface area contributed by atoms with Crippen molar-refractivity contribution in [1.82, 2.24) is 10.2 Å². The Labute approximate surface area is 121 Å². The van der Waals surface area contributed by atoms with E-state index in [9.17, 15) is 9.18 Å². The summed E-state index contributed by atoms with van der Waals surface area (Å²) in [4.78, 5) is 11.9. The van der Waals surface area contributed by atoms with Crippen molar-refractivity contribution in [2.45, 2.75) is 25.3 Å². The molecule has 0 aliphatic heterocycles. The van der Waals surface area contributed by atoms with Gasteiger partial charge in [0.1, 0.15) is 11.6 Å². The van der Waals surface area contributed by atoms with Crippen molar-refractivity contribution in [1.29, 1.82) is 0 Å². The van der Waals surface area contributed by atoms with Crippen LogP contribution in [-0.2, 0) is 11.2 Å². The predicted octanol–water partition coefficient (Wildman–Crippen LogP) is 2.37. The first-order valence-corrected chi connectivity index (χ1v) is 6.83. The molecule has 0 unspecified atom stereocenters. The van der Waals surface area contributed by atoms with E-state index in [1.54, 1.807) is 24.3 Å². The molecule has 1 amide bonds. The quantitative estimate of drug-likeness (QED) is 0.885. The summed E-state index contributed by atoms with van der Waals surface area (Å²) in [7, 11) is 0. The third-order valence-electron chi connectivity index (χ3n) is 3.14. The lowest BCUT2D eigenvalue weighted by atomic mass is 10.1. The van der Waals surface area contributed by atoms with Crippen LogP contribution in [0.15, 0.2) is 36.4 Å². The molecule has 1 fully saturated rings. The molecule has 2 N–H and O–H groups in total. The number of halogens is 1. The summed E-state index contributed by atoms with van der Waals surface area (Å²) in [5.74, 6) is 0.597. The van der Waals surface area contributed by atoms with Crippen LogP contribution in [0.3, 0.4) is 0 Å². The summed E-state index contributed by atoms with van der Waals surface area (Å²) in [6, 6.07) is 9.85. The maximum absolute atomic E-state index is 12.8. The van der Waals surface area contributed by atoms with E-state index in [0.717, 1.165) is 18.4 Å². The SMILES string of the molecule is O=C(Cc1ccc(F)cc1)Nc1ccc(NC2CC2)nn1. The molecule has 0 spiro atoms. The van der Waals surface area contributed by atoms with E-state index < -0.39 is 0 Å². The third-order valence-corrected chi connectivity index (χ3v) is 3.14. The first kappa shape index (κ1) is 13.5. The molecular weight excluding hydrogens is 271 g/mol. The molecule has 1 aromatic heterocycles. The van der Waals surface area contributed by atoms with Gasteiger partial charge in [0.2, 0.25) is 5.91 Å². The van der Waals surface area contributed by atoms with E-state index in [1.807, 2.05) is 0 Å². The first-order valence-electron chi connectivity index (χ1n) is 6.83. The molecule has 1 heterocycles. The lowest BCUT2D eigenvalue weighted by molar-refractivity contribution is -0.115. The Kier molecular flexibility index (Phi) is 3.77. The molecule has 0 saturated heterocycles. The molecule has 0 bridgehead atoms. The fourth-order valence-electron chi connectivity index (χ4n) is 1.89. The Balaban J connectivity index is 1.55. The van der Waals surface area contributed by atoms with E-state index in [1.165, 1.54) is 12.1 Å². The maximum atomic E-state index is 12.8. The van der Waals surface area contributed by atoms with Gasteiger partial charge >= 0.3 is 0 Å². The van der Waals surface area contributed by atoms with E-state index in [0.29, 0.717) is 17.7 Å². The zero-order valence-electron chi connectivity index (χ0n) is 11.3. The molecule has 108 valence electrons. The highest BCUT2D eigenvalue weighted by molar-refractivity contribution is 5.91. The second kappa shape index (κ2) is 5.87. The third kappa shape index (κ3) is 3.98. The lowest BCUT2D eigenvalue weighted by Crippen LogP contribution is -2.16. The average molecular weight is 286 g/mol. The number of carbonyl (C=O) groups is 1. The topological polar surface area (TPSA) is 66.9 Å². The fourth-order valence-corrected chi connectivity index (χ4v) is 1.89. The maximum Gasteiger partial charge on any atom is 0.229 e. The van der Waals surface area contributed by atoms with Gasteiger partial charge in [0.05, 0.1) is 6.42 Å². The normalized spacial score (nSPS) is 13.8. The van der Waals surface area contributed by atoms with Gasteiger partial charge in [-0.15, -0.1) is 10.2 Å². The van der Waals surface area contributed by atoms with Gasteiger partial charge in [-0.1, -0.05) is 12.1 Å². The molecular formula is C15H15FN4O. The fraction of sp³-hybridized carbons (Fsp3) is 0.267. The molecule has 1 saturated carbocycles. The Morgan fingerprint density at radius 2 is 1.76 bits per heavy atom. The van der Waals surface area contributed by atoms with E-state index >= 15 is 0 Å². The van der Waals surface area contributed by atoms with Crippen LogP contribution in [-0.4, -0.2) is 22.1 Å². The summed E-state index contributed by atoms with van der Waals surface area (Å²) < 4.78 is 12.8. The molecule has 3 rings (SSSR count). The second-order valence-electron chi connectivity index (χ2n) is 5.07. The van der Waals surface area contributed by atoms with Crippen molar-refractivity contribution >= 4 is 17.5 Å². The molecule has 2 aromatic rings. The summed E-state index contributed by atoms with van der Waals surface area (Å²) in [6.07, 6.45) is 2.50. The predicted molar refractivity (Wildman–Crippen MR) is 77.4 cm³/mol. The van der Waals surface area contributed by atoms with Crippen LogP contribution in [0.4, 0.5) is 16.0 Å². The number of amides is 1. The van der Waals surface area contributed by atoms with Crippen LogP contribution in [0.25, 0.3) is 0 Å². The molecule has 6 heteroatoms. The van der Waals surface area contributed by atoms with Gasteiger partial charge in [-0.2, -0.15) is 0 Å². The highest BCUT2D eigenvalue weighted by Gasteiger charge is 2.21. The lowest BCUT2D eigenvalue weighted by Gasteiger charge is -2.06. The Hall–Kier alpha value is -2.50. The second-order valence-corrected chi connectivity index (χ2v) is 5.07. The number of nitrogens with one attached hydrogen (secondary N) is 2. The van der Waals surface area contributed by atoms with Gasteiger partial charge in [0, 0.05) is 6.04 Å². The van der Waals surface area contributed by atoms with Crippen molar-refractivity contribution in [2.75, 3.05) is 10.6 Å². The highest BCUT2D eigenvalue weighted by atomic mass is 19.1. The van der Waals surface area contributed by atoms with Gasteiger partial charge < -0.3 is 10.6 Å². The highest BCUT2D eigenvalue weighted by Crippen LogP contribution is 2.23. The molecule has 1 aromatic carbocycles. The minimum Gasteiger partial charge on any atom is -0.366 e. The molecule has 0 atom stereocenters. The molecule has 0 radical (unpaired) electrons. The Bertz CT molecular complexity index is 623. The van der Waals surface area contributed by atoms with Crippen LogP contribution >= 0.6 is 0 Å². The number of rotatable bonds is 5. The standard InChI is InChI=1S/C15H15FN4O/c16-11-3-1-10(2-4-11)9-15(21)18-14-8-7-13(19-20-14)17-12-5-6-12/h1-4,7-8,12H,5-6,9H2,(H,17,19)(H,18,20,21). The van der Waals surface area contributed by atoms with E-state index in [-0.39, 0.29) is 18.1 Å². The Morgan fingerprint density at radius 1 is 1.10 bits per heavy atom. The number of benzene rings is 1. The van der Waals surface area contributed by atoms with Crippen molar-refractivity contribution in [3.8, 4) is 0 Å². The average Bonchev–Trinajstić information content (AvgIpc) is 3.28. The zero-order chi connectivity index (χ0) is 14.7. The van der Waals surface area contributed by atoms with Gasteiger partial charge in [0.25, 0.3) is 0 Å². The van der Waals surface area contributed by atoms with Crippen molar-refractivity contribution in [3.05, 3.63) is 47.8 Å². The number of hydrogen-bond acceptors (Lipinski definition) is 4. The van der Waals surface area contributed by atoms with Crippen LogP contribution < -0.4 is 10.6 Å². The van der Waals surface area contributed by atoms with Crippen LogP contribution in [0, 0.1) is 5.82 Å². The summed E-state index contributed by atoms with van der Waals surface area (Å²) in [5, 5.41) is 13.8. The smallest absolute Gasteiger partial charge is 0.229 e. The number of nitrogens with zero attached hydrogens (tertiary/aromatic N) is 2. The Morgan fingerprint density at radius 3 is 2.38 bits per heavy atom. The minimum atomic E-state index is -0.316. The number of hydrogen-bond donors (Lipinski definition) is 2. The van der Waals surface area contributed by atoms with Crippen molar-refractivity contribution in [3.63, 3.8) is 0 Å². The molecule has 21 heavy (non-hydrogen) atoms. The van der Waals surface area contributed by atoms with Gasteiger partial charge in [-0.3, -0.25) is 4.79 Å². The minimum absolute atomic E-state index is 0.171. The van der Waals surface area contributed by atoms with Crippen LogP contribution in [0.1, 0.15) is 18.4 Å². The number of anilines is 2. The van der Waals surface area contributed by atoms with E-state index in [4.69, 9.17) is 0 Å². The van der Waals surface area contributed by atoms with Crippen LogP contribution in [0.2, 0.25) is 0 Å². The van der Waals surface area contributed by atoms with Gasteiger partial charge in [0.15, 0.2) is 5.82 Å². The first-order chi connectivity index (χ1) is 10.2. The van der Waals surface area contributed by atoms with Crippen LogP contribution in [0.5, 0.6) is 0 Å². The summed E-state index contributed by atoms with van der Waals surface area (Å²) >= 11 is 0.